The van der Waals surface area contributed by atoms with Crippen LogP contribution in [0.2, 0.25) is 10.0 Å². The van der Waals surface area contributed by atoms with E-state index in [1.54, 1.807) is 18.2 Å². The second-order valence-corrected chi connectivity index (χ2v) is 8.12. The molecule has 3 aromatic rings. The van der Waals surface area contributed by atoms with Gasteiger partial charge in [0.25, 0.3) is 0 Å². The Hall–Kier alpha value is -3.45. The van der Waals surface area contributed by atoms with Crippen LogP contribution in [-0.2, 0) is 0 Å². The Labute approximate surface area is 199 Å². The molecule has 1 fully saturated rings. The molecule has 1 saturated heterocycles. The minimum Gasteiger partial charge on any atom is -0.471 e. The Morgan fingerprint density at radius 3 is 2.67 bits per heavy atom. The molecule has 5 N–H and O–H groups in total. The number of anilines is 2. The third kappa shape index (κ3) is 4.41. The van der Waals surface area contributed by atoms with Crippen molar-refractivity contribution >= 4 is 40.4 Å². The number of pyridine rings is 2. The summed E-state index contributed by atoms with van der Waals surface area (Å²) in [5.41, 5.74) is 13.7. The molecule has 33 heavy (non-hydrogen) atoms. The molecule has 1 aliphatic heterocycles. The zero-order chi connectivity index (χ0) is 23.7. The molecule has 0 saturated carbocycles. The van der Waals surface area contributed by atoms with Crippen LogP contribution in [0.15, 0.2) is 36.7 Å². The Morgan fingerprint density at radius 2 is 2.00 bits per heavy atom. The van der Waals surface area contributed by atoms with E-state index in [1.165, 1.54) is 12.3 Å². The largest absolute Gasteiger partial charge is 0.471 e. The minimum atomic E-state index is -1.20. The summed E-state index contributed by atoms with van der Waals surface area (Å²) in [5, 5.41) is 17.9. The van der Waals surface area contributed by atoms with Gasteiger partial charge in [0, 0.05) is 42.3 Å². The number of rotatable bonds is 6. The van der Waals surface area contributed by atoms with Crippen molar-refractivity contribution in [1.29, 1.82) is 10.7 Å². The molecule has 0 radical (unpaired) electrons. The fraction of sp³-hybridized carbons (Fsp3) is 0.182. The number of nitriles is 1. The molecule has 3 heterocycles. The van der Waals surface area contributed by atoms with Crippen LogP contribution >= 0.6 is 23.2 Å². The summed E-state index contributed by atoms with van der Waals surface area (Å²) in [6, 6.07) is 8.38. The van der Waals surface area contributed by atoms with Crippen LogP contribution in [0.1, 0.15) is 34.9 Å². The molecular formula is C22H18Cl2FN7O. The van der Waals surface area contributed by atoms with Crippen molar-refractivity contribution in [2.75, 3.05) is 23.7 Å². The van der Waals surface area contributed by atoms with Crippen molar-refractivity contribution in [3.8, 4) is 11.8 Å². The van der Waals surface area contributed by atoms with Crippen LogP contribution in [0, 0.1) is 22.7 Å². The van der Waals surface area contributed by atoms with Crippen molar-refractivity contribution in [3.63, 3.8) is 0 Å². The summed E-state index contributed by atoms with van der Waals surface area (Å²) in [6.07, 6.45) is 2.48. The maximum absolute atomic E-state index is 13.7. The van der Waals surface area contributed by atoms with Gasteiger partial charge in [-0.1, -0.05) is 23.2 Å². The molecule has 11 heteroatoms. The summed E-state index contributed by atoms with van der Waals surface area (Å²) in [6.45, 7) is 1.70. The van der Waals surface area contributed by atoms with Crippen LogP contribution in [0.25, 0.3) is 0 Å². The van der Waals surface area contributed by atoms with Crippen molar-refractivity contribution in [3.05, 3.63) is 74.9 Å². The highest BCUT2D eigenvalue weighted by atomic mass is 35.5. The Bertz CT molecular complexity index is 1290. The van der Waals surface area contributed by atoms with Crippen molar-refractivity contribution in [2.45, 2.75) is 12.6 Å². The lowest BCUT2D eigenvalue weighted by molar-refractivity contribution is 0.213. The highest BCUT2D eigenvalue weighted by Crippen LogP contribution is 2.33. The number of ether oxygens (including phenoxy) is 1. The van der Waals surface area contributed by atoms with E-state index in [-0.39, 0.29) is 27.1 Å². The first kappa shape index (κ1) is 22.7. The lowest BCUT2D eigenvalue weighted by Crippen LogP contribution is -2.38. The topological polar surface area (TPSA) is 138 Å². The molecule has 0 unspecified atom stereocenters. The van der Waals surface area contributed by atoms with Crippen molar-refractivity contribution in [1.82, 2.24) is 9.97 Å². The monoisotopic (exact) mass is 485 g/mol. The quantitative estimate of drug-likeness (QED) is 0.207. The van der Waals surface area contributed by atoms with E-state index < -0.39 is 12.2 Å². The van der Waals surface area contributed by atoms with Gasteiger partial charge in [0.15, 0.2) is 6.23 Å². The van der Waals surface area contributed by atoms with Gasteiger partial charge in [-0.05, 0) is 30.7 Å². The van der Waals surface area contributed by atoms with Gasteiger partial charge in [0.1, 0.15) is 22.7 Å². The highest BCUT2D eigenvalue weighted by Gasteiger charge is 2.22. The predicted molar refractivity (Wildman–Crippen MR) is 124 cm³/mol. The van der Waals surface area contributed by atoms with E-state index in [1.807, 2.05) is 4.90 Å². The lowest BCUT2D eigenvalue weighted by Gasteiger charge is -2.32. The van der Waals surface area contributed by atoms with Gasteiger partial charge in [-0.3, -0.25) is 11.1 Å². The average Bonchev–Trinajstić information content (AvgIpc) is 2.76. The van der Waals surface area contributed by atoms with Crippen LogP contribution in [0.4, 0.5) is 15.9 Å². The Balaban J connectivity index is 1.62. The summed E-state index contributed by atoms with van der Waals surface area (Å²) < 4.78 is 19.5. The standard InChI is InChI=1S/C22H18Cl2FN7O/c23-15-10-30-20(25)18(24)17(15)21(29)33-13-2-3-16(27)14(7-13)19(28)12-6-11(8-26)22(31-9-12)32-4-1-5-32/h2-3,6-7,9-10,21,28H,1,4-5,27,29H2/t21-/m0/s1. The zero-order valence-corrected chi connectivity index (χ0v) is 18.7. The maximum Gasteiger partial charge on any atom is 0.232 e. The molecule has 0 spiro atoms. The molecule has 2 aromatic heterocycles. The second-order valence-electron chi connectivity index (χ2n) is 7.33. The van der Waals surface area contributed by atoms with Gasteiger partial charge < -0.3 is 15.4 Å². The number of halogens is 3. The maximum atomic E-state index is 13.7. The highest BCUT2D eigenvalue weighted by molar-refractivity contribution is 6.35. The number of nitrogens with two attached hydrogens (primary N) is 2. The zero-order valence-electron chi connectivity index (χ0n) is 17.1. The minimum absolute atomic E-state index is 0.0451. The van der Waals surface area contributed by atoms with Gasteiger partial charge in [-0.15, -0.1) is 0 Å². The number of aromatic nitrogens is 2. The van der Waals surface area contributed by atoms with E-state index in [0.29, 0.717) is 28.2 Å². The van der Waals surface area contributed by atoms with E-state index >= 15 is 0 Å². The van der Waals surface area contributed by atoms with Gasteiger partial charge in [-0.25, -0.2) is 9.97 Å². The number of hydrogen-bond donors (Lipinski definition) is 3. The number of benzene rings is 1. The molecule has 0 amide bonds. The molecule has 8 nitrogen and oxygen atoms in total. The van der Waals surface area contributed by atoms with E-state index in [4.69, 9.17) is 44.8 Å². The summed E-state index contributed by atoms with van der Waals surface area (Å²) in [7, 11) is 0. The van der Waals surface area contributed by atoms with Crippen molar-refractivity contribution in [2.24, 2.45) is 5.73 Å². The average molecular weight is 486 g/mol. The molecule has 1 aromatic carbocycles. The van der Waals surface area contributed by atoms with Gasteiger partial charge >= 0.3 is 0 Å². The van der Waals surface area contributed by atoms with Crippen molar-refractivity contribution < 1.29 is 9.13 Å². The smallest absolute Gasteiger partial charge is 0.232 e. The molecular weight excluding hydrogens is 468 g/mol. The summed E-state index contributed by atoms with van der Waals surface area (Å²) in [4.78, 5) is 9.83. The number of nitrogens with one attached hydrogen (secondary N) is 1. The fourth-order valence-electron chi connectivity index (χ4n) is 3.36. The third-order valence-corrected chi connectivity index (χ3v) is 5.90. The van der Waals surface area contributed by atoms with Crippen LogP contribution in [0.5, 0.6) is 5.75 Å². The Morgan fingerprint density at radius 1 is 1.24 bits per heavy atom. The van der Waals surface area contributed by atoms with Crippen LogP contribution < -0.4 is 21.1 Å². The third-order valence-electron chi connectivity index (χ3n) is 5.24. The van der Waals surface area contributed by atoms with E-state index in [2.05, 4.69) is 16.0 Å². The van der Waals surface area contributed by atoms with E-state index in [9.17, 15) is 9.65 Å². The molecule has 1 aliphatic rings. The predicted octanol–water partition coefficient (Wildman–Crippen LogP) is 4.04. The first-order chi connectivity index (χ1) is 15.8. The summed E-state index contributed by atoms with van der Waals surface area (Å²) in [5.74, 6) is -0.0569. The summed E-state index contributed by atoms with van der Waals surface area (Å²) >= 11 is 12.0. The molecule has 0 aliphatic carbocycles. The number of hydrogen-bond acceptors (Lipinski definition) is 8. The fourth-order valence-corrected chi connectivity index (χ4v) is 3.92. The first-order valence-corrected chi connectivity index (χ1v) is 10.6. The normalized spacial score (nSPS) is 13.7. The first-order valence-electron chi connectivity index (χ1n) is 9.85. The second kappa shape index (κ2) is 9.19. The SMILES string of the molecule is N#Cc1cc(C(=N)c2cc(O[C@H](N)c3c(Cl)cnc(F)c3Cl)ccc2N)cnc1N1CCC1. The molecule has 0 bridgehead atoms. The van der Waals surface area contributed by atoms with E-state index in [0.717, 1.165) is 25.7 Å². The number of nitrogens with zero attached hydrogens (tertiary/aromatic N) is 4. The molecule has 168 valence electrons. The number of nitrogen functional groups attached to an aromatic ring is 1. The molecule has 4 rings (SSSR count). The Kier molecular flexibility index (Phi) is 6.33. The van der Waals surface area contributed by atoms with Crippen LogP contribution in [0.3, 0.4) is 0 Å². The molecule has 1 atom stereocenters. The van der Waals surface area contributed by atoms with Gasteiger partial charge in [0.05, 0.1) is 21.9 Å². The lowest BCUT2D eigenvalue weighted by atomic mass is 10.0. The van der Waals surface area contributed by atoms with Gasteiger partial charge in [-0.2, -0.15) is 9.65 Å². The van der Waals surface area contributed by atoms with Gasteiger partial charge in [0.2, 0.25) is 5.95 Å². The van der Waals surface area contributed by atoms with Crippen LogP contribution in [-0.4, -0.2) is 28.8 Å².